The lowest BCUT2D eigenvalue weighted by molar-refractivity contribution is -0.140. The molecule has 31 heavy (non-hydrogen) atoms. The quantitative estimate of drug-likeness (QED) is 0.159. The first-order valence-electron chi connectivity index (χ1n) is 10.3. The third-order valence-electron chi connectivity index (χ3n) is 6.07. The third-order valence-corrected chi connectivity index (χ3v) is 7.51. The van der Waals surface area contributed by atoms with E-state index in [1.165, 1.54) is 23.4 Å². The summed E-state index contributed by atoms with van der Waals surface area (Å²) in [6.45, 7) is 1.10. The topological polar surface area (TPSA) is 133 Å². The van der Waals surface area contributed by atoms with Crippen LogP contribution in [0.4, 0.5) is 0 Å². The fraction of sp³-hybridized carbons (Fsp3) is 0.500. The molecule has 1 saturated heterocycles. The van der Waals surface area contributed by atoms with E-state index >= 15 is 0 Å². The number of carbonyl (C=O) groups is 2. The van der Waals surface area contributed by atoms with Gasteiger partial charge < -0.3 is 10.6 Å². The predicted molar refractivity (Wildman–Crippen MR) is 113 cm³/mol. The van der Waals surface area contributed by atoms with E-state index in [1.54, 1.807) is 13.1 Å². The minimum atomic E-state index is -3.62. The summed E-state index contributed by atoms with van der Waals surface area (Å²) in [5.41, 5.74) is 0. The van der Waals surface area contributed by atoms with Crippen LogP contribution in [0.3, 0.4) is 0 Å². The van der Waals surface area contributed by atoms with E-state index in [0.29, 0.717) is 19.0 Å². The van der Waals surface area contributed by atoms with Crippen molar-refractivity contribution in [2.45, 2.75) is 11.3 Å². The molecule has 3 aliphatic rings. The van der Waals surface area contributed by atoms with Crippen LogP contribution in [0.2, 0.25) is 0 Å². The van der Waals surface area contributed by atoms with E-state index in [9.17, 15) is 18.0 Å². The van der Waals surface area contributed by atoms with Gasteiger partial charge in [-0.1, -0.05) is 12.2 Å². The standard InChI is InChI=1S/C20H26N6O4S/c1-21-20(23-7-8-25-31(29,30)15-3-2-6-22-12-15)24-9-10-26-18(27)16-13-4-5-14(11-13)17(16)19(26)28/h2-6,12-14,16-17,25H,7-11H2,1H3,(H2,21,23,24). The lowest BCUT2D eigenvalue weighted by Crippen LogP contribution is -2.45. The van der Waals surface area contributed by atoms with Crippen LogP contribution in [0, 0.1) is 23.7 Å². The zero-order chi connectivity index (χ0) is 22.0. The Hall–Kier alpha value is -2.79. The summed E-state index contributed by atoms with van der Waals surface area (Å²) in [5.74, 6) is 0.355. The number of guanidine groups is 1. The fourth-order valence-electron chi connectivity index (χ4n) is 4.65. The first-order chi connectivity index (χ1) is 14.9. The number of aliphatic imine (C=N–C) groups is 1. The van der Waals surface area contributed by atoms with Crippen LogP contribution in [0.1, 0.15) is 6.42 Å². The summed E-state index contributed by atoms with van der Waals surface area (Å²) >= 11 is 0. The first-order valence-corrected chi connectivity index (χ1v) is 11.8. The molecule has 1 aliphatic heterocycles. The van der Waals surface area contributed by atoms with E-state index in [-0.39, 0.29) is 53.5 Å². The van der Waals surface area contributed by atoms with Crippen LogP contribution in [-0.4, -0.2) is 69.3 Å². The van der Waals surface area contributed by atoms with Gasteiger partial charge in [0.1, 0.15) is 4.90 Å². The van der Waals surface area contributed by atoms with Crippen molar-refractivity contribution in [3.63, 3.8) is 0 Å². The number of hydrogen-bond donors (Lipinski definition) is 3. The highest BCUT2D eigenvalue weighted by Gasteiger charge is 2.58. The number of amides is 2. The number of hydrogen-bond acceptors (Lipinski definition) is 6. The smallest absolute Gasteiger partial charge is 0.242 e. The molecule has 2 fully saturated rings. The van der Waals surface area contributed by atoms with E-state index < -0.39 is 10.0 Å². The fourth-order valence-corrected chi connectivity index (χ4v) is 5.64. The summed E-state index contributed by atoms with van der Waals surface area (Å²) in [6, 6.07) is 3.03. The number of aromatic nitrogens is 1. The molecular formula is C20H26N6O4S. The maximum Gasteiger partial charge on any atom is 0.242 e. The molecule has 4 unspecified atom stereocenters. The highest BCUT2D eigenvalue weighted by atomic mass is 32.2. The number of imide groups is 1. The number of nitrogens with zero attached hydrogens (tertiary/aromatic N) is 3. The van der Waals surface area contributed by atoms with Gasteiger partial charge in [-0.3, -0.25) is 24.5 Å². The summed E-state index contributed by atoms with van der Waals surface area (Å²) < 4.78 is 26.8. The molecule has 2 aliphatic carbocycles. The second kappa shape index (κ2) is 8.75. The van der Waals surface area contributed by atoms with Crippen molar-refractivity contribution in [1.82, 2.24) is 25.2 Å². The number of nitrogens with one attached hydrogen (secondary N) is 3. The number of fused-ring (bicyclic) bond motifs is 5. The lowest BCUT2D eigenvalue weighted by atomic mass is 9.85. The van der Waals surface area contributed by atoms with Crippen LogP contribution in [-0.2, 0) is 19.6 Å². The Bertz CT molecular complexity index is 980. The molecule has 4 atom stereocenters. The average molecular weight is 447 g/mol. The Morgan fingerprint density at radius 1 is 1.13 bits per heavy atom. The van der Waals surface area contributed by atoms with Gasteiger partial charge in [0.2, 0.25) is 21.8 Å². The van der Waals surface area contributed by atoms with Gasteiger partial charge in [-0.15, -0.1) is 0 Å². The van der Waals surface area contributed by atoms with Gasteiger partial charge in [0.15, 0.2) is 5.96 Å². The van der Waals surface area contributed by atoms with E-state index in [1.807, 2.05) is 0 Å². The van der Waals surface area contributed by atoms with E-state index in [4.69, 9.17) is 0 Å². The van der Waals surface area contributed by atoms with E-state index in [2.05, 4.69) is 37.5 Å². The van der Waals surface area contributed by atoms with Crippen molar-refractivity contribution in [1.29, 1.82) is 0 Å². The molecule has 11 heteroatoms. The number of carbonyl (C=O) groups excluding carboxylic acids is 2. The molecule has 0 spiro atoms. The predicted octanol–water partition coefficient (Wildman–Crippen LogP) is -0.668. The Balaban J connectivity index is 1.19. The zero-order valence-electron chi connectivity index (χ0n) is 17.2. The number of rotatable bonds is 8. The molecule has 1 saturated carbocycles. The molecule has 3 N–H and O–H groups in total. The molecule has 2 amide bonds. The largest absolute Gasteiger partial charge is 0.355 e. The van der Waals surface area contributed by atoms with Gasteiger partial charge in [-0.25, -0.2) is 13.1 Å². The second-order valence-electron chi connectivity index (χ2n) is 7.84. The Kier molecular flexibility index (Phi) is 6.05. The Morgan fingerprint density at radius 3 is 2.42 bits per heavy atom. The molecule has 166 valence electrons. The van der Waals surface area contributed by atoms with Crippen molar-refractivity contribution in [3.05, 3.63) is 36.7 Å². The Morgan fingerprint density at radius 2 is 1.81 bits per heavy atom. The summed E-state index contributed by atoms with van der Waals surface area (Å²) in [4.78, 5) is 34.7. The maximum absolute atomic E-state index is 12.7. The van der Waals surface area contributed by atoms with Gasteiger partial charge in [0, 0.05) is 45.6 Å². The molecule has 1 aromatic heterocycles. The highest BCUT2D eigenvalue weighted by molar-refractivity contribution is 7.89. The van der Waals surface area contributed by atoms with Gasteiger partial charge in [-0.2, -0.15) is 0 Å². The van der Waals surface area contributed by atoms with Gasteiger partial charge in [0.25, 0.3) is 0 Å². The van der Waals surface area contributed by atoms with Crippen molar-refractivity contribution < 1.29 is 18.0 Å². The normalized spacial score (nSPS) is 27.1. The van der Waals surface area contributed by atoms with E-state index in [0.717, 1.165) is 6.42 Å². The molecular weight excluding hydrogens is 420 g/mol. The summed E-state index contributed by atoms with van der Waals surface area (Å²) in [6.07, 6.45) is 7.86. The number of sulfonamides is 1. The lowest BCUT2D eigenvalue weighted by Gasteiger charge is -2.18. The Labute approximate surface area is 181 Å². The van der Waals surface area contributed by atoms with Crippen LogP contribution in [0.25, 0.3) is 0 Å². The van der Waals surface area contributed by atoms with Gasteiger partial charge >= 0.3 is 0 Å². The van der Waals surface area contributed by atoms with Gasteiger partial charge in [-0.05, 0) is 30.4 Å². The monoisotopic (exact) mass is 446 g/mol. The summed E-state index contributed by atoms with van der Waals surface area (Å²) in [5, 5.41) is 6.06. The molecule has 1 aromatic rings. The van der Waals surface area contributed by atoms with Crippen LogP contribution in [0.15, 0.2) is 46.6 Å². The maximum atomic E-state index is 12.7. The molecule has 2 bridgehead atoms. The molecule has 10 nitrogen and oxygen atoms in total. The van der Waals surface area contributed by atoms with Crippen molar-refractivity contribution in [3.8, 4) is 0 Å². The number of likely N-dealkylation sites (tertiary alicyclic amines) is 1. The minimum Gasteiger partial charge on any atom is -0.355 e. The van der Waals surface area contributed by atoms with Crippen molar-refractivity contribution in [2.24, 2.45) is 28.7 Å². The first kappa shape index (κ1) is 21.4. The average Bonchev–Trinajstić information content (AvgIpc) is 3.45. The van der Waals surface area contributed by atoms with Crippen LogP contribution >= 0.6 is 0 Å². The third kappa shape index (κ3) is 4.19. The second-order valence-corrected chi connectivity index (χ2v) is 9.61. The van der Waals surface area contributed by atoms with Crippen LogP contribution in [0.5, 0.6) is 0 Å². The number of pyridine rings is 1. The summed E-state index contributed by atoms with van der Waals surface area (Å²) in [7, 11) is -2.02. The van der Waals surface area contributed by atoms with Crippen molar-refractivity contribution in [2.75, 3.05) is 33.2 Å². The van der Waals surface area contributed by atoms with Crippen molar-refractivity contribution >= 4 is 27.8 Å². The molecule has 0 radical (unpaired) electrons. The number of allylic oxidation sites excluding steroid dienone is 2. The SMILES string of the molecule is CN=C(NCCNS(=O)(=O)c1cccnc1)NCCN1C(=O)C2C3C=CC(C3)C2C1=O. The molecule has 0 aromatic carbocycles. The highest BCUT2D eigenvalue weighted by Crippen LogP contribution is 2.52. The van der Waals surface area contributed by atoms with Gasteiger partial charge in [0.05, 0.1) is 11.8 Å². The van der Waals surface area contributed by atoms with Crippen LogP contribution < -0.4 is 15.4 Å². The zero-order valence-corrected chi connectivity index (χ0v) is 18.0. The minimum absolute atomic E-state index is 0.0681. The molecule has 2 heterocycles. The molecule has 4 rings (SSSR count).